The fourth-order valence-electron chi connectivity index (χ4n) is 2.61. The van der Waals surface area contributed by atoms with Crippen LogP contribution >= 0.6 is 0 Å². The lowest BCUT2D eigenvalue weighted by Crippen LogP contribution is -2.36. The second kappa shape index (κ2) is 7.31. The van der Waals surface area contributed by atoms with Crippen molar-refractivity contribution in [2.24, 2.45) is 0 Å². The van der Waals surface area contributed by atoms with Gasteiger partial charge in [0.15, 0.2) is 11.5 Å². The summed E-state index contributed by atoms with van der Waals surface area (Å²) in [6.07, 6.45) is 2.21. The topological polar surface area (TPSA) is 53.0 Å². The molecule has 1 aliphatic rings. The fraction of sp³-hybridized carbons (Fsp3) is 0.562. The molecule has 1 aliphatic heterocycles. The minimum Gasteiger partial charge on any atom is -0.504 e. The predicted molar refractivity (Wildman–Crippen MR) is 81.4 cm³/mol. The van der Waals surface area contributed by atoms with E-state index in [4.69, 9.17) is 4.74 Å². The summed E-state index contributed by atoms with van der Waals surface area (Å²) in [4.78, 5) is 15.9. The van der Waals surface area contributed by atoms with E-state index in [1.54, 1.807) is 6.07 Å². The first-order valence-electron chi connectivity index (χ1n) is 7.51. The lowest BCUT2D eigenvalue weighted by Gasteiger charge is -2.21. The van der Waals surface area contributed by atoms with Crippen LogP contribution < -0.4 is 4.74 Å². The molecular weight excluding hydrogens is 268 g/mol. The summed E-state index contributed by atoms with van der Waals surface area (Å²) in [5.41, 5.74) is 0.776. The van der Waals surface area contributed by atoms with E-state index in [0.717, 1.165) is 31.5 Å². The van der Waals surface area contributed by atoms with Gasteiger partial charge in [0.1, 0.15) is 0 Å². The second-order valence-corrected chi connectivity index (χ2v) is 5.46. The van der Waals surface area contributed by atoms with Crippen molar-refractivity contribution in [2.75, 3.05) is 33.3 Å². The van der Waals surface area contributed by atoms with Crippen LogP contribution in [-0.4, -0.2) is 54.1 Å². The minimum absolute atomic E-state index is 0.162. The molecule has 1 amide bonds. The Morgan fingerprint density at radius 3 is 2.76 bits per heavy atom. The Balaban J connectivity index is 1.94. The van der Waals surface area contributed by atoms with Crippen molar-refractivity contribution in [1.29, 1.82) is 0 Å². The normalized spacial score (nSPS) is 14.7. The van der Waals surface area contributed by atoms with Crippen LogP contribution in [0.2, 0.25) is 0 Å². The number of hydrogen-bond acceptors (Lipinski definition) is 4. The second-order valence-electron chi connectivity index (χ2n) is 5.46. The van der Waals surface area contributed by atoms with E-state index in [1.165, 1.54) is 0 Å². The van der Waals surface area contributed by atoms with E-state index in [0.29, 0.717) is 25.4 Å². The molecule has 0 atom stereocenters. The number of likely N-dealkylation sites (tertiary alicyclic amines) is 1. The predicted octanol–water partition coefficient (Wildman–Crippen LogP) is 1.85. The van der Waals surface area contributed by atoms with Crippen LogP contribution in [0, 0.1) is 0 Å². The Morgan fingerprint density at radius 2 is 2.10 bits per heavy atom. The fourth-order valence-corrected chi connectivity index (χ4v) is 2.61. The quantitative estimate of drug-likeness (QED) is 0.869. The van der Waals surface area contributed by atoms with E-state index < -0.39 is 0 Å². The molecule has 116 valence electrons. The molecule has 1 saturated heterocycles. The maximum atomic E-state index is 12.1. The Morgan fingerprint density at radius 1 is 1.38 bits per heavy atom. The molecule has 1 heterocycles. The lowest BCUT2D eigenvalue weighted by atomic mass is 10.1. The molecular formula is C16H24N2O3. The highest BCUT2D eigenvalue weighted by Gasteiger charge is 2.19. The van der Waals surface area contributed by atoms with Crippen LogP contribution in [-0.2, 0) is 11.3 Å². The zero-order chi connectivity index (χ0) is 15.2. The zero-order valence-corrected chi connectivity index (χ0v) is 12.8. The van der Waals surface area contributed by atoms with Gasteiger partial charge in [-0.15, -0.1) is 0 Å². The van der Waals surface area contributed by atoms with E-state index in [-0.39, 0.29) is 11.7 Å². The van der Waals surface area contributed by atoms with E-state index in [9.17, 15) is 9.90 Å². The summed E-state index contributed by atoms with van der Waals surface area (Å²) < 4.78 is 5.38. The number of hydrogen-bond donors (Lipinski definition) is 1. The zero-order valence-electron chi connectivity index (χ0n) is 12.8. The molecule has 0 aromatic heterocycles. The third kappa shape index (κ3) is 4.11. The monoisotopic (exact) mass is 292 g/mol. The third-order valence-electron chi connectivity index (χ3n) is 3.69. The molecule has 0 radical (unpaired) electrons. The van der Waals surface area contributed by atoms with Crippen LogP contribution in [0.15, 0.2) is 18.2 Å². The number of nitrogens with zero attached hydrogens (tertiary/aromatic N) is 2. The van der Waals surface area contributed by atoms with Gasteiger partial charge in [0.05, 0.1) is 13.2 Å². The van der Waals surface area contributed by atoms with Crippen LogP contribution in [0.5, 0.6) is 11.5 Å². The Kier molecular flexibility index (Phi) is 5.44. The number of carbonyl (C=O) groups excluding carboxylic acids is 1. The number of phenols is 1. The van der Waals surface area contributed by atoms with E-state index in [2.05, 4.69) is 0 Å². The molecule has 0 bridgehead atoms. The summed E-state index contributed by atoms with van der Waals surface area (Å²) in [6.45, 7) is 5.04. The van der Waals surface area contributed by atoms with Crippen molar-refractivity contribution in [3.05, 3.63) is 23.8 Å². The number of likely N-dealkylation sites (N-methyl/N-ethyl adjacent to an activating group) is 1. The Hall–Kier alpha value is -1.75. The van der Waals surface area contributed by atoms with Gasteiger partial charge < -0.3 is 14.7 Å². The molecule has 21 heavy (non-hydrogen) atoms. The Labute approximate surface area is 126 Å². The average molecular weight is 292 g/mol. The van der Waals surface area contributed by atoms with Gasteiger partial charge in [0.2, 0.25) is 5.91 Å². The van der Waals surface area contributed by atoms with Crippen LogP contribution in [0.3, 0.4) is 0 Å². The summed E-state index contributed by atoms with van der Waals surface area (Å²) in [5.74, 6) is 0.824. The number of aromatic hydroxyl groups is 1. The molecule has 0 saturated carbocycles. The summed E-state index contributed by atoms with van der Waals surface area (Å²) >= 11 is 0. The number of carbonyl (C=O) groups is 1. The van der Waals surface area contributed by atoms with E-state index >= 15 is 0 Å². The van der Waals surface area contributed by atoms with Crippen molar-refractivity contribution in [3.8, 4) is 11.5 Å². The van der Waals surface area contributed by atoms with Gasteiger partial charge in [0, 0.05) is 25.2 Å². The molecule has 1 N–H and O–H groups in total. The van der Waals surface area contributed by atoms with Gasteiger partial charge >= 0.3 is 0 Å². The molecule has 0 unspecified atom stereocenters. The maximum Gasteiger partial charge on any atom is 0.236 e. The molecule has 1 fully saturated rings. The van der Waals surface area contributed by atoms with Crippen LogP contribution in [0.4, 0.5) is 0 Å². The van der Waals surface area contributed by atoms with E-state index in [1.807, 2.05) is 35.9 Å². The lowest BCUT2D eigenvalue weighted by molar-refractivity contribution is -0.131. The molecule has 5 nitrogen and oxygen atoms in total. The van der Waals surface area contributed by atoms with Crippen molar-refractivity contribution < 1.29 is 14.6 Å². The highest BCUT2D eigenvalue weighted by Crippen LogP contribution is 2.30. The summed E-state index contributed by atoms with van der Waals surface area (Å²) in [7, 11) is 1.89. The summed E-state index contributed by atoms with van der Waals surface area (Å²) in [5, 5.41) is 10.2. The number of para-hydroxylation sites is 1. The van der Waals surface area contributed by atoms with Gasteiger partial charge in [-0.05, 0) is 32.9 Å². The molecule has 1 aromatic carbocycles. The summed E-state index contributed by atoms with van der Waals surface area (Å²) in [6, 6.07) is 5.46. The van der Waals surface area contributed by atoms with Gasteiger partial charge in [-0.25, -0.2) is 0 Å². The van der Waals surface area contributed by atoms with Crippen molar-refractivity contribution in [2.45, 2.75) is 26.3 Å². The largest absolute Gasteiger partial charge is 0.504 e. The first-order valence-corrected chi connectivity index (χ1v) is 7.51. The SMILES string of the molecule is CCOc1cccc(CN(C)CC(=O)N2CCCC2)c1O. The van der Waals surface area contributed by atoms with Crippen LogP contribution in [0.25, 0.3) is 0 Å². The number of rotatable bonds is 6. The number of benzene rings is 1. The molecule has 2 rings (SSSR count). The molecule has 1 aromatic rings. The number of phenolic OH excluding ortho intramolecular Hbond substituents is 1. The van der Waals surface area contributed by atoms with Crippen molar-refractivity contribution in [3.63, 3.8) is 0 Å². The Bertz CT molecular complexity index is 484. The van der Waals surface area contributed by atoms with Gasteiger partial charge in [0.25, 0.3) is 0 Å². The first-order chi connectivity index (χ1) is 10.1. The smallest absolute Gasteiger partial charge is 0.236 e. The van der Waals surface area contributed by atoms with Crippen LogP contribution in [0.1, 0.15) is 25.3 Å². The number of ether oxygens (including phenoxy) is 1. The third-order valence-corrected chi connectivity index (χ3v) is 3.69. The first kappa shape index (κ1) is 15.6. The highest BCUT2D eigenvalue weighted by molar-refractivity contribution is 5.78. The average Bonchev–Trinajstić information content (AvgIpc) is 2.97. The minimum atomic E-state index is 0.162. The van der Waals surface area contributed by atoms with Crippen molar-refractivity contribution >= 4 is 5.91 Å². The maximum absolute atomic E-state index is 12.1. The molecule has 0 aliphatic carbocycles. The van der Waals surface area contributed by atoms with Gasteiger partial charge in [-0.3, -0.25) is 9.69 Å². The standard InChI is InChI=1S/C16H24N2O3/c1-3-21-14-8-6-7-13(16(14)20)11-17(2)12-15(19)18-9-4-5-10-18/h6-8,20H,3-5,9-12H2,1-2H3. The van der Waals surface area contributed by atoms with Crippen molar-refractivity contribution in [1.82, 2.24) is 9.80 Å². The number of amides is 1. The van der Waals surface area contributed by atoms with Gasteiger partial charge in [-0.1, -0.05) is 12.1 Å². The molecule has 5 heteroatoms. The highest BCUT2D eigenvalue weighted by atomic mass is 16.5. The van der Waals surface area contributed by atoms with Gasteiger partial charge in [-0.2, -0.15) is 0 Å². The molecule has 0 spiro atoms.